The first-order valence-electron chi connectivity index (χ1n) is 6.55. The number of aromatic nitrogens is 1. The third-order valence-corrected chi connectivity index (χ3v) is 3.90. The Hall–Kier alpha value is -1.92. The second-order valence-electron chi connectivity index (χ2n) is 4.39. The van der Waals surface area contributed by atoms with Gasteiger partial charge in [-0.25, -0.2) is 4.98 Å². The maximum absolute atomic E-state index is 10.8. The van der Waals surface area contributed by atoms with Crippen molar-refractivity contribution in [1.82, 2.24) is 4.98 Å². The Morgan fingerprint density at radius 2 is 2.10 bits per heavy atom. The number of carbonyl (C=O) groups is 1. The fourth-order valence-electron chi connectivity index (χ4n) is 1.84. The Balaban J connectivity index is 1.94. The molecule has 0 radical (unpaired) electrons. The summed E-state index contributed by atoms with van der Waals surface area (Å²) in [4.78, 5) is 16.0. The van der Waals surface area contributed by atoms with E-state index in [0.29, 0.717) is 25.3 Å². The molecule has 21 heavy (non-hydrogen) atoms. The van der Waals surface area contributed by atoms with Gasteiger partial charge in [-0.3, -0.25) is 4.79 Å². The van der Waals surface area contributed by atoms with Crippen LogP contribution < -0.4 is 4.74 Å². The number of ether oxygens (including phenoxy) is 2. The number of thiazole rings is 1. The zero-order valence-corrected chi connectivity index (χ0v) is 12.6. The number of hydrogen-bond acceptors (Lipinski definition) is 5. The molecule has 0 amide bonds. The van der Waals surface area contributed by atoms with Crippen LogP contribution in [0.2, 0.25) is 0 Å². The second-order valence-corrected chi connectivity index (χ2v) is 5.56. The van der Waals surface area contributed by atoms with E-state index in [1.807, 2.05) is 30.3 Å². The highest BCUT2D eigenvalue weighted by Crippen LogP contribution is 2.21. The van der Waals surface area contributed by atoms with E-state index in [0.717, 1.165) is 15.6 Å². The standard InChI is InChI=1S/C15H17NO4S/c1-19-10-12-13(9-15(17)18)21-14(16-12)7-8-20-11-5-3-2-4-6-11/h2-6H,7-10H2,1H3,(H,17,18). The van der Waals surface area contributed by atoms with Crippen LogP contribution in [0.5, 0.6) is 5.75 Å². The maximum atomic E-state index is 10.8. The molecule has 2 aromatic rings. The van der Waals surface area contributed by atoms with Gasteiger partial charge in [-0.2, -0.15) is 0 Å². The predicted molar refractivity (Wildman–Crippen MR) is 79.8 cm³/mol. The van der Waals surface area contributed by atoms with Gasteiger partial charge in [0.15, 0.2) is 0 Å². The minimum Gasteiger partial charge on any atom is -0.493 e. The monoisotopic (exact) mass is 307 g/mol. The molecule has 5 nitrogen and oxygen atoms in total. The van der Waals surface area contributed by atoms with Gasteiger partial charge in [0.25, 0.3) is 0 Å². The summed E-state index contributed by atoms with van der Waals surface area (Å²) in [7, 11) is 1.57. The smallest absolute Gasteiger partial charge is 0.308 e. The van der Waals surface area contributed by atoms with Crippen molar-refractivity contribution in [2.45, 2.75) is 19.4 Å². The molecular formula is C15H17NO4S. The molecule has 1 heterocycles. The lowest BCUT2D eigenvalue weighted by molar-refractivity contribution is -0.136. The summed E-state index contributed by atoms with van der Waals surface area (Å²) in [5, 5.41) is 9.78. The molecule has 0 saturated carbocycles. The minimum absolute atomic E-state index is 0.0180. The van der Waals surface area contributed by atoms with Gasteiger partial charge in [0.05, 0.1) is 30.3 Å². The summed E-state index contributed by atoms with van der Waals surface area (Å²) in [5.41, 5.74) is 0.708. The molecule has 2 rings (SSSR count). The molecule has 112 valence electrons. The van der Waals surface area contributed by atoms with Crippen LogP contribution in [0.3, 0.4) is 0 Å². The van der Waals surface area contributed by atoms with Crippen LogP contribution in [0.15, 0.2) is 30.3 Å². The van der Waals surface area contributed by atoms with Crippen molar-refractivity contribution >= 4 is 17.3 Å². The van der Waals surface area contributed by atoms with Crippen LogP contribution >= 0.6 is 11.3 Å². The van der Waals surface area contributed by atoms with Gasteiger partial charge in [0.2, 0.25) is 0 Å². The highest BCUT2D eigenvalue weighted by atomic mass is 32.1. The van der Waals surface area contributed by atoms with Gasteiger partial charge in [0, 0.05) is 18.4 Å². The summed E-state index contributed by atoms with van der Waals surface area (Å²) in [6.07, 6.45) is 0.631. The zero-order valence-electron chi connectivity index (χ0n) is 11.7. The van der Waals surface area contributed by atoms with Crippen molar-refractivity contribution in [1.29, 1.82) is 0 Å². The Labute approximate surface area is 127 Å². The first kappa shape index (κ1) is 15.5. The Morgan fingerprint density at radius 1 is 1.33 bits per heavy atom. The topological polar surface area (TPSA) is 68.7 Å². The number of carboxylic acid groups (broad SMARTS) is 1. The third-order valence-electron chi connectivity index (χ3n) is 2.74. The molecule has 0 saturated heterocycles. The number of para-hydroxylation sites is 1. The van der Waals surface area contributed by atoms with Crippen LogP contribution in [-0.4, -0.2) is 29.8 Å². The highest BCUT2D eigenvalue weighted by Gasteiger charge is 2.14. The van der Waals surface area contributed by atoms with Gasteiger partial charge in [-0.15, -0.1) is 11.3 Å². The fourth-order valence-corrected chi connectivity index (χ4v) is 2.89. The van der Waals surface area contributed by atoms with E-state index in [1.54, 1.807) is 7.11 Å². The zero-order chi connectivity index (χ0) is 15.1. The predicted octanol–water partition coefficient (Wildman–Crippen LogP) is 2.54. The number of benzene rings is 1. The molecule has 0 aliphatic rings. The molecule has 0 fully saturated rings. The first-order chi connectivity index (χ1) is 10.2. The molecule has 0 spiro atoms. The lowest BCUT2D eigenvalue weighted by Crippen LogP contribution is -2.02. The molecule has 1 aromatic carbocycles. The second kappa shape index (κ2) is 7.75. The molecule has 0 atom stereocenters. The van der Waals surface area contributed by atoms with Crippen molar-refractivity contribution in [2.24, 2.45) is 0 Å². The maximum Gasteiger partial charge on any atom is 0.308 e. The summed E-state index contributed by atoms with van der Waals surface area (Å²) in [5.74, 6) is -0.0416. The van der Waals surface area contributed by atoms with E-state index in [1.165, 1.54) is 11.3 Å². The van der Waals surface area contributed by atoms with Crippen molar-refractivity contribution in [3.63, 3.8) is 0 Å². The summed E-state index contributed by atoms with van der Waals surface area (Å²) in [6.45, 7) is 0.842. The number of hydrogen-bond donors (Lipinski definition) is 1. The van der Waals surface area contributed by atoms with Gasteiger partial charge < -0.3 is 14.6 Å². The van der Waals surface area contributed by atoms with Crippen molar-refractivity contribution in [3.8, 4) is 5.75 Å². The van der Waals surface area contributed by atoms with E-state index in [9.17, 15) is 4.79 Å². The van der Waals surface area contributed by atoms with E-state index >= 15 is 0 Å². The van der Waals surface area contributed by atoms with Crippen LogP contribution in [0.4, 0.5) is 0 Å². The Morgan fingerprint density at radius 3 is 2.76 bits per heavy atom. The van der Waals surface area contributed by atoms with E-state index in [4.69, 9.17) is 14.6 Å². The van der Waals surface area contributed by atoms with E-state index in [-0.39, 0.29) is 6.42 Å². The van der Waals surface area contributed by atoms with Crippen molar-refractivity contribution in [3.05, 3.63) is 45.9 Å². The molecule has 1 N–H and O–H groups in total. The van der Waals surface area contributed by atoms with Crippen molar-refractivity contribution in [2.75, 3.05) is 13.7 Å². The minimum atomic E-state index is -0.858. The third kappa shape index (κ3) is 4.84. The number of carboxylic acids is 1. The summed E-state index contributed by atoms with van der Waals surface area (Å²) in [6, 6.07) is 9.56. The quantitative estimate of drug-likeness (QED) is 0.811. The fraction of sp³-hybridized carbons (Fsp3) is 0.333. The molecule has 1 aromatic heterocycles. The molecule has 0 unspecified atom stereocenters. The summed E-state index contributed by atoms with van der Waals surface area (Å²) < 4.78 is 10.7. The van der Waals surface area contributed by atoms with Crippen LogP contribution in [0, 0.1) is 0 Å². The Kier molecular flexibility index (Phi) is 5.71. The number of rotatable bonds is 8. The summed E-state index contributed by atoms with van der Waals surface area (Å²) >= 11 is 1.41. The molecule has 6 heteroatoms. The van der Waals surface area contributed by atoms with Gasteiger partial charge in [-0.05, 0) is 12.1 Å². The van der Waals surface area contributed by atoms with Gasteiger partial charge >= 0.3 is 5.97 Å². The van der Waals surface area contributed by atoms with E-state index < -0.39 is 5.97 Å². The molecular weight excluding hydrogens is 290 g/mol. The van der Waals surface area contributed by atoms with Crippen LogP contribution in [0.1, 0.15) is 15.6 Å². The SMILES string of the molecule is COCc1nc(CCOc2ccccc2)sc1CC(=O)O. The van der Waals surface area contributed by atoms with E-state index in [2.05, 4.69) is 4.98 Å². The average molecular weight is 307 g/mol. The first-order valence-corrected chi connectivity index (χ1v) is 7.36. The normalized spacial score (nSPS) is 10.5. The highest BCUT2D eigenvalue weighted by molar-refractivity contribution is 7.11. The average Bonchev–Trinajstić information content (AvgIpc) is 2.82. The molecule has 0 aliphatic carbocycles. The van der Waals surface area contributed by atoms with Crippen LogP contribution in [0.25, 0.3) is 0 Å². The lowest BCUT2D eigenvalue weighted by atomic mass is 10.3. The number of nitrogens with zero attached hydrogens (tertiary/aromatic N) is 1. The molecule has 0 aliphatic heterocycles. The van der Waals surface area contributed by atoms with Gasteiger partial charge in [0.1, 0.15) is 5.75 Å². The number of methoxy groups -OCH3 is 1. The number of aliphatic carboxylic acids is 1. The largest absolute Gasteiger partial charge is 0.493 e. The molecule has 0 bridgehead atoms. The van der Waals surface area contributed by atoms with Gasteiger partial charge in [-0.1, -0.05) is 18.2 Å². The lowest BCUT2D eigenvalue weighted by Gasteiger charge is -2.03. The van der Waals surface area contributed by atoms with Crippen LogP contribution in [-0.2, 0) is 29.0 Å². The van der Waals surface area contributed by atoms with Crippen molar-refractivity contribution < 1.29 is 19.4 Å². The Bertz CT molecular complexity index is 583.